The van der Waals surface area contributed by atoms with Crippen molar-refractivity contribution in [1.29, 1.82) is 0 Å². The van der Waals surface area contributed by atoms with Crippen LogP contribution >= 0.6 is 0 Å². The van der Waals surface area contributed by atoms with Gasteiger partial charge in [-0.3, -0.25) is 4.79 Å². The Morgan fingerprint density at radius 3 is 3.00 bits per heavy atom. The van der Waals surface area contributed by atoms with E-state index >= 15 is 0 Å². The van der Waals surface area contributed by atoms with Crippen LogP contribution in [0.3, 0.4) is 0 Å². The second kappa shape index (κ2) is 9.21. The van der Waals surface area contributed by atoms with E-state index in [0.717, 1.165) is 57.4 Å². The van der Waals surface area contributed by atoms with Gasteiger partial charge in [-0.15, -0.1) is 0 Å². The summed E-state index contributed by atoms with van der Waals surface area (Å²) < 4.78 is 17.7. The van der Waals surface area contributed by atoms with E-state index in [0.29, 0.717) is 6.42 Å². The number of aryl methyl sites for hydroxylation is 1. The lowest BCUT2D eigenvalue weighted by molar-refractivity contribution is -0.162. The van der Waals surface area contributed by atoms with Crippen LogP contribution in [0.15, 0.2) is 30.4 Å². The number of para-hydroxylation sites is 1. The molecular formula is C23H30O5. The zero-order valence-corrected chi connectivity index (χ0v) is 16.3. The Labute approximate surface area is 166 Å². The Hall–Kier alpha value is -1.69. The standard InChI is InChI=1S/C23H30O5/c24-12-6-10-17-19(25)15-20-22(17)18-9-5-8-16(23(18)28-20)7-1-3-13-26-21-11-2-4-14-27-21/h5-6,8-10,12,17,19-22,25H,1-4,7,11,13-15H2/t17-,19+,20-,21?,22-/m1/s1. The van der Waals surface area contributed by atoms with E-state index in [1.165, 1.54) is 23.6 Å². The van der Waals surface area contributed by atoms with Crippen molar-refractivity contribution in [1.82, 2.24) is 0 Å². The largest absolute Gasteiger partial charge is 0.489 e. The summed E-state index contributed by atoms with van der Waals surface area (Å²) in [6, 6.07) is 6.32. The zero-order valence-electron chi connectivity index (χ0n) is 16.3. The molecule has 0 bridgehead atoms. The Bertz CT molecular complexity index is 694. The molecule has 1 aromatic carbocycles. The molecule has 1 aromatic rings. The quantitative estimate of drug-likeness (QED) is 0.421. The first-order valence-electron chi connectivity index (χ1n) is 10.6. The van der Waals surface area contributed by atoms with Gasteiger partial charge in [0.1, 0.15) is 18.1 Å². The maximum atomic E-state index is 10.7. The maximum absolute atomic E-state index is 10.7. The first-order valence-corrected chi connectivity index (χ1v) is 10.6. The lowest BCUT2D eigenvalue weighted by Gasteiger charge is -2.22. The molecule has 1 N–H and O–H groups in total. The van der Waals surface area contributed by atoms with Crippen LogP contribution in [0.5, 0.6) is 5.75 Å². The second-order valence-electron chi connectivity index (χ2n) is 8.04. The molecule has 4 rings (SSSR count). The number of aldehydes is 1. The predicted octanol–water partition coefficient (Wildman–Crippen LogP) is 3.53. The SMILES string of the molecule is O=CC=C[C@H]1[C@@H]2c3cccc(CCCCOC4CCCCO4)c3O[C@@H]2C[C@@H]1O. The first-order chi connectivity index (χ1) is 13.8. The summed E-state index contributed by atoms with van der Waals surface area (Å²) in [6.07, 6.45) is 10.6. The molecule has 2 aliphatic heterocycles. The molecular weight excluding hydrogens is 356 g/mol. The molecule has 152 valence electrons. The van der Waals surface area contributed by atoms with Gasteiger partial charge in [-0.25, -0.2) is 0 Å². The van der Waals surface area contributed by atoms with Gasteiger partial charge in [0, 0.05) is 37.0 Å². The fourth-order valence-corrected chi connectivity index (χ4v) is 4.81. The van der Waals surface area contributed by atoms with Gasteiger partial charge < -0.3 is 19.3 Å². The van der Waals surface area contributed by atoms with Crippen molar-refractivity contribution in [2.75, 3.05) is 13.2 Å². The Morgan fingerprint density at radius 1 is 1.25 bits per heavy atom. The molecule has 1 aliphatic carbocycles. The Kier molecular flexibility index (Phi) is 6.45. The molecule has 5 atom stereocenters. The third-order valence-corrected chi connectivity index (χ3v) is 6.18. The lowest BCUT2D eigenvalue weighted by Crippen LogP contribution is -2.22. The zero-order chi connectivity index (χ0) is 19.3. The second-order valence-corrected chi connectivity index (χ2v) is 8.04. The molecule has 2 fully saturated rings. The monoisotopic (exact) mass is 386 g/mol. The van der Waals surface area contributed by atoms with Crippen LogP contribution in [0.2, 0.25) is 0 Å². The molecule has 1 saturated heterocycles. The van der Waals surface area contributed by atoms with E-state index in [2.05, 4.69) is 18.2 Å². The van der Waals surface area contributed by atoms with Crippen LogP contribution < -0.4 is 4.74 Å². The van der Waals surface area contributed by atoms with Crippen molar-refractivity contribution in [3.63, 3.8) is 0 Å². The van der Waals surface area contributed by atoms with Gasteiger partial charge in [0.05, 0.1) is 6.10 Å². The maximum Gasteiger partial charge on any atom is 0.157 e. The number of carbonyl (C=O) groups is 1. The molecule has 3 aliphatic rings. The number of hydrogen-bond donors (Lipinski definition) is 1. The smallest absolute Gasteiger partial charge is 0.157 e. The van der Waals surface area contributed by atoms with Gasteiger partial charge in [-0.05, 0) is 50.2 Å². The minimum Gasteiger partial charge on any atom is -0.489 e. The topological polar surface area (TPSA) is 65.0 Å². The summed E-state index contributed by atoms with van der Waals surface area (Å²) in [7, 11) is 0. The van der Waals surface area contributed by atoms with E-state index in [1.807, 2.05) is 6.08 Å². The van der Waals surface area contributed by atoms with Crippen molar-refractivity contribution in [2.45, 2.75) is 69.4 Å². The van der Waals surface area contributed by atoms with E-state index in [9.17, 15) is 9.90 Å². The Morgan fingerprint density at radius 2 is 2.18 bits per heavy atom. The summed E-state index contributed by atoms with van der Waals surface area (Å²) in [5, 5.41) is 10.4. The van der Waals surface area contributed by atoms with Crippen molar-refractivity contribution < 1.29 is 24.1 Å². The number of unbranched alkanes of at least 4 members (excludes halogenated alkanes) is 1. The van der Waals surface area contributed by atoms with Gasteiger partial charge in [0.2, 0.25) is 0 Å². The van der Waals surface area contributed by atoms with E-state index < -0.39 is 6.10 Å². The molecule has 0 aromatic heterocycles. The first kappa shape index (κ1) is 19.6. The van der Waals surface area contributed by atoms with E-state index in [-0.39, 0.29) is 24.2 Å². The third-order valence-electron chi connectivity index (χ3n) is 6.18. The predicted molar refractivity (Wildman–Crippen MR) is 105 cm³/mol. The van der Waals surface area contributed by atoms with E-state index in [1.54, 1.807) is 0 Å². The molecule has 28 heavy (non-hydrogen) atoms. The van der Waals surface area contributed by atoms with Crippen LogP contribution in [0.25, 0.3) is 0 Å². The number of ether oxygens (including phenoxy) is 3. The number of aliphatic hydroxyl groups excluding tert-OH is 1. The third kappa shape index (κ3) is 4.17. The summed E-state index contributed by atoms with van der Waals surface area (Å²) >= 11 is 0. The van der Waals surface area contributed by atoms with Crippen molar-refractivity contribution >= 4 is 6.29 Å². The molecule has 2 heterocycles. The molecule has 1 unspecified atom stereocenters. The highest BCUT2D eigenvalue weighted by Gasteiger charge is 2.48. The minimum absolute atomic E-state index is 0.000708. The molecule has 5 heteroatoms. The molecule has 0 spiro atoms. The number of rotatable bonds is 8. The van der Waals surface area contributed by atoms with Gasteiger partial charge in [0.15, 0.2) is 6.29 Å². The number of hydrogen-bond acceptors (Lipinski definition) is 5. The summed E-state index contributed by atoms with van der Waals surface area (Å²) in [6.45, 7) is 1.55. The van der Waals surface area contributed by atoms with Gasteiger partial charge in [-0.1, -0.05) is 24.3 Å². The van der Waals surface area contributed by atoms with Gasteiger partial charge in [-0.2, -0.15) is 0 Å². The average molecular weight is 386 g/mol. The lowest BCUT2D eigenvalue weighted by atomic mass is 9.86. The Balaban J connectivity index is 1.33. The van der Waals surface area contributed by atoms with Gasteiger partial charge >= 0.3 is 0 Å². The molecule has 1 saturated carbocycles. The van der Waals surface area contributed by atoms with E-state index in [4.69, 9.17) is 14.2 Å². The summed E-state index contributed by atoms with van der Waals surface area (Å²) in [5.74, 6) is 1.06. The van der Waals surface area contributed by atoms with Crippen LogP contribution in [0.4, 0.5) is 0 Å². The van der Waals surface area contributed by atoms with Gasteiger partial charge in [0.25, 0.3) is 0 Å². The highest BCUT2D eigenvalue weighted by Crippen LogP contribution is 2.51. The van der Waals surface area contributed by atoms with Crippen LogP contribution in [-0.4, -0.2) is 43.1 Å². The average Bonchev–Trinajstić information content (AvgIpc) is 3.22. The van der Waals surface area contributed by atoms with Crippen molar-refractivity contribution in [3.8, 4) is 5.75 Å². The number of aliphatic hydroxyl groups is 1. The van der Waals surface area contributed by atoms with Crippen LogP contribution in [0, 0.1) is 5.92 Å². The fraction of sp³-hybridized carbons (Fsp3) is 0.609. The molecule has 5 nitrogen and oxygen atoms in total. The number of benzene rings is 1. The molecule has 0 amide bonds. The fourth-order valence-electron chi connectivity index (χ4n) is 4.81. The normalized spacial score (nSPS) is 31.5. The van der Waals surface area contributed by atoms with Crippen molar-refractivity contribution in [2.24, 2.45) is 5.92 Å². The number of fused-ring (bicyclic) bond motifs is 3. The number of allylic oxidation sites excluding steroid dienone is 1. The highest BCUT2D eigenvalue weighted by atomic mass is 16.7. The summed E-state index contributed by atoms with van der Waals surface area (Å²) in [5.41, 5.74) is 2.40. The van der Waals surface area contributed by atoms with Crippen LogP contribution in [-0.2, 0) is 20.7 Å². The molecule has 0 radical (unpaired) electrons. The van der Waals surface area contributed by atoms with Crippen LogP contribution in [0.1, 0.15) is 55.6 Å². The summed E-state index contributed by atoms with van der Waals surface area (Å²) in [4.78, 5) is 10.7. The minimum atomic E-state index is -0.456. The highest BCUT2D eigenvalue weighted by molar-refractivity contribution is 5.65. The number of carbonyl (C=O) groups excluding carboxylic acids is 1. The van der Waals surface area contributed by atoms with Crippen molar-refractivity contribution in [3.05, 3.63) is 41.5 Å².